The highest BCUT2D eigenvalue weighted by Gasteiger charge is 2.18. The van der Waals surface area contributed by atoms with Gasteiger partial charge in [0.1, 0.15) is 0 Å². The Bertz CT molecular complexity index is 441. The first-order valence-corrected chi connectivity index (χ1v) is 8.74. The van der Waals surface area contributed by atoms with Crippen LogP contribution in [0.25, 0.3) is 0 Å². The van der Waals surface area contributed by atoms with Gasteiger partial charge in [0.15, 0.2) is 0 Å². The van der Waals surface area contributed by atoms with E-state index in [2.05, 4.69) is 17.0 Å². The van der Waals surface area contributed by atoms with Crippen molar-refractivity contribution in [3.63, 3.8) is 0 Å². The molecule has 0 unspecified atom stereocenters. The zero-order valence-corrected chi connectivity index (χ0v) is 12.7. The molecule has 0 saturated heterocycles. The summed E-state index contributed by atoms with van der Waals surface area (Å²) in [6.07, 6.45) is 2.89. The van der Waals surface area contributed by atoms with Crippen LogP contribution >= 0.6 is 11.3 Å². The van der Waals surface area contributed by atoms with Crippen molar-refractivity contribution in [1.82, 2.24) is 10.0 Å². The molecular formula is C12H22N2O2S2. The second-order valence-electron chi connectivity index (χ2n) is 4.14. The van der Waals surface area contributed by atoms with Crippen molar-refractivity contribution < 1.29 is 8.42 Å². The largest absolute Gasteiger partial charge is 0.312 e. The molecule has 6 heteroatoms. The first-order valence-electron chi connectivity index (χ1n) is 6.38. The Labute approximate surface area is 114 Å². The lowest BCUT2D eigenvalue weighted by atomic mass is 10.3. The minimum absolute atomic E-state index is 0.423. The monoisotopic (exact) mass is 290 g/mol. The van der Waals surface area contributed by atoms with Crippen LogP contribution in [0.5, 0.6) is 0 Å². The van der Waals surface area contributed by atoms with Gasteiger partial charge in [0.05, 0.1) is 4.90 Å². The summed E-state index contributed by atoms with van der Waals surface area (Å²) >= 11 is 1.48. The Morgan fingerprint density at radius 1 is 1.22 bits per heavy atom. The zero-order chi connectivity index (χ0) is 13.4. The summed E-state index contributed by atoms with van der Waals surface area (Å²) in [5.41, 5.74) is 0. The van der Waals surface area contributed by atoms with Crippen LogP contribution in [-0.4, -0.2) is 21.5 Å². The second kappa shape index (κ2) is 7.89. The van der Waals surface area contributed by atoms with E-state index in [4.69, 9.17) is 0 Å². The summed E-state index contributed by atoms with van der Waals surface area (Å²) < 4.78 is 26.8. The average Bonchev–Trinajstić information content (AvgIpc) is 2.79. The first-order chi connectivity index (χ1) is 8.61. The molecule has 1 heterocycles. The molecule has 0 saturated carbocycles. The van der Waals surface area contributed by atoms with E-state index in [0.29, 0.717) is 18.0 Å². The molecule has 4 nitrogen and oxygen atoms in total. The van der Waals surface area contributed by atoms with Gasteiger partial charge in [0.2, 0.25) is 10.0 Å². The van der Waals surface area contributed by atoms with Gasteiger partial charge in [-0.1, -0.05) is 20.3 Å². The molecule has 0 aliphatic rings. The molecule has 0 aliphatic heterocycles. The number of unbranched alkanes of at least 4 members (excludes halogenated alkanes) is 1. The lowest BCUT2D eigenvalue weighted by Gasteiger charge is -2.07. The van der Waals surface area contributed by atoms with Crippen molar-refractivity contribution in [2.75, 3.05) is 13.1 Å². The Morgan fingerprint density at radius 2 is 2.00 bits per heavy atom. The number of thiophene rings is 1. The summed E-state index contributed by atoms with van der Waals surface area (Å²) in [4.78, 5) is 1.31. The Hall–Kier alpha value is -0.430. The molecule has 0 fully saturated rings. The number of hydrogen-bond donors (Lipinski definition) is 2. The Balaban J connectivity index is 2.67. The van der Waals surface area contributed by atoms with Crippen LogP contribution in [0.4, 0.5) is 0 Å². The van der Waals surface area contributed by atoms with E-state index in [0.717, 1.165) is 30.7 Å². The molecule has 1 aromatic rings. The van der Waals surface area contributed by atoms with Crippen LogP contribution < -0.4 is 10.0 Å². The summed E-state index contributed by atoms with van der Waals surface area (Å²) in [6, 6.07) is 1.68. The molecule has 0 aliphatic carbocycles. The third-order valence-electron chi connectivity index (χ3n) is 2.53. The molecule has 0 bridgehead atoms. The lowest BCUT2D eigenvalue weighted by molar-refractivity contribution is 0.576. The van der Waals surface area contributed by atoms with E-state index in [1.54, 1.807) is 6.07 Å². The molecule has 0 atom stereocenters. The SMILES string of the molecule is CCCCNS(=O)(=O)c1ccsc1CNCCC. The van der Waals surface area contributed by atoms with Crippen LogP contribution in [0.2, 0.25) is 0 Å². The van der Waals surface area contributed by atoms with Crippen molar-refractivity contribution in [2.45, 2.75) is 44.6 Å². The summed E-state index contributed by atoms with van der Waals surface area (Å²) in [7, 11) is -3.34. The predicted octanol–water partition coefficient (Wildman–Crippen LogP) is 2.33. The van der Waals surface area contributed by atoms with Crippen molar-refractivity contribution in [2.24, 2.45) is 0 Å². The number of rotatable bonds is 9. The van der Waals surface area contributed by atoms with Gasteiger partial charge in [-0.2, -0.15) is 0 Å². The number of hydrogen-bond acceptors (Lipinski definition) is 4. The van der Waals surface area contributed by atoms with Crippen molar-refractivity contribution >= 4 is 21.4 Å². The molecular weight excluding hydrogens is 268 g/mol. The van der Waals surface area contributed by atoms with Gasteiger partial charge in [0, 0.05) is 18.0 Å². The van der Waals surface area contributed by atoms with E-state index in [1.807, 2.05) is 12.3 Å². The highest BCUT2D eigenvalue weighted by Crippen LogP contribution is 2.21. The summed E-state index contributed by atoms with van der Waals surface area (Å²) in [5, 5.41) is 5.07. The van der Waals surface area contributed by atoms with Gasteiger partial charge in [-0.05, 0) is 30.8 Å². The van der Waals surface area contributed by atoms with Crippen LogP contribution in [-0.2, 0) is 16.6 Å². The summed E-state index contributed by atoms with van der Waals surface area (Å²) in [6.45, 7) is 6.16. The Kier molecular flexibility index (Phi) is 6.85. The van der Waals surface area contributed by atoms with E-state index in [9.17, 15) is 8.42 Å². The predicted molar refractivity (Wildman–Crippen MR) is 76.4 cm³/mol. The fourth-order valence-corrected chi connectivity index (χ4v) is 4.02. The molecule has 18 heavy (non-hydrogen) atoms. The molecule has 1 rings (SSSR count). The fraction of sp³-hybridized carbons (Fsp3) is 0.667. The number of sulfonamides is 1. The third-order valence-corrected chi connectivity index (χ3v) is 5.12. The van der Waals surface area contributed by atoms with Crippen LogP contribution in [0.3, 0.4) is 0 Å². The zero-order valence-electron chi connectivity index (χ0n) is 11.0. The lowest BCUT2D eigenvalue weighted by Crippen LogP contribution is -2.26. The first kappa shape index (κ1) is 15.6. The van der Waals surface area contributed by atoms with Gasteiger partial charge in [-0.3, -0.25) is 0 Å². The van der Waals surface area contributed by atoms with Crippen LogP contribution in [0.15, 0.2) is 16.3 Å². The van der Waals surface area contributed by atoms with Crippen LogP contribution in [0.1, 0.15) is 38.0 Å². The van der Waals surface area contributed by atoms with Crippen molar-refractivity contribution in [1.29, 1.82) is 0 Å². The maximum Gasteiger partial charge on any atom is 0.241 e. The van der Waals surface area contributed by atoms with E-state index >= 15 is 0 Å². The van der Waals surface area contributed by atoms with Crippen molar-refractivity contribution in [3.05, 3.63) is 16.3 Å². The van der Waals surface area contributed by atoms with E-state index < -0.39 is 10.0 Å². The van der Waals surface area contributed by atoms with Gasteiger partial charge in [0.25, 0.3) is 0 Å². The third kappa shape index (κ3) is 4.68. The second-order valence-corrected chi connectivity index (χ2v) is 6.87. The fourth-order valence-electron chi connectivity index (χ4n) is 1.54. The van der Waals surface area contributed by atoms with Crippen LogP contribution in [0, 0.1) is 0 Å². The van der Waals surface area contributed by atoms with Gasteiger partial charge < -0.3 is 5.32 Å². The molecule has 2 N–H and O–H groups in total. The molecule has 0 amide bonds. The summed E-state index contributed by atoms with van der Waals surface area (Å²) in [5.74, 6) is 0. The van der Waals surface area contributed by atoms with E-state index in [1.165, 1.54) is 11.3 Å². The maximum atomic E-state index is 12.1. The van der Waals surface area contributed by atoms with Crippen molar-refractivity contribution in [3.8, 4) is 0 Å². The smallest absolute Gasteiger partial charge is 0.241 e. The number of nitrogens with one attached hydrogen (secondary N) is 2. The minimum atomic E-state index is -3.34. The van der Waals surface area contributed by atoms with E-state index in [-0.39, 0.29) is 0 Å². The van der Waals surface area contributed by atoms with Gasteiger partial charge in [-0.15, -0.1) is 11.3 Å². The normalized spacial score (nSPS) is 11.9. The van der Waals surface area contributed by atoms with Gasteiger partial charge >= 0.3 is 0 Å². The maximum absolute atomic E-state index is 12.1. The molecule has 0 radical (unpaired) electrons. The Morgan fingerprint density at radius 3 is 2.67 bits per heavy atom. The standard InChI is InChI=1S/C12H22N2O2S2/c1-3-5-8-14-18(15,16)12-6-9-17-11(12)10-13-7-4-2/h6,9,13-14H,3-5,7-8,10H2,1-2H3. The molecule has 104 valence electrons. The highest BCUT2D eigenvalue weighted by molar-refractivity contribution is 7.89. The molecule has 1 aromatic heterocycles. The quantitative estimate of drug-likeness (QED) is 0.686. The molecule has 0 aromatic carbocycles. The van der Waals surface area contributed by atoms with Gasteiger partial charge in [-0.25, -0.2) is 13.1 Å². The topological polar surface area (TPSA) is 58.2 Å². The average molecular weight is 290 g/mol. The highest BCUT2D eigenvalue weighted by atomic mass is 32.2. The minimum Gasteiger partial charge on any atom is -0.312 e. The molecule has 0 spiro atoms.